The van der Waals surface area contributed by atoms with Crippen molar-refractivity contribution in [3.8, 4) is 17.2 Å². The number of hydrogen-bond donors (Lipinski definition) is 1. The van der Waals surface area contributed by atoms with Gasteiger partial charge in [0.25, 0.3) is 0 Å². The number of carboxylic acids is 1. The summed E-state index contributed by atoms with van der Waals surface area (Å²) in [6.45, 7) is 0. The molecule has 2 rings (SSSR count). The third-order valence-electron chi connectivity index (χ3n) is 3.19. The third-order valence-corrected chi connectivity index (χ3v) is 3.19. The Labute approximate surface area is 129 Å². The minimum Gasteiger partial charge on any atom is -0.497 e. The van der Waals surface area contributed by atoms with Crippen LogP contribution in [-0.2, 0) is 11.2 Å². The van der Waals surface area contributed by atoms with E-state index in [4.69, 9.17) is 14.2 Å². The molecule has 1 N–H and O–H groups in total. The second-order valence-corrected chi connectivity index (χ2v) is 4.64. The third kappa shape index (κ3) is 3.91. The summed E-state index contributed by atoms with van der Waals surface area (Å²) in [5.41, 5.74) is 0.713. The Bertz CT molecular complexity index is 624. The van der Waals surface area contributed by atoms with Crippen LogP contribution in [0.15, 0.2) is 48.5 Å². The van der Waals surface area contributed by atoms with Crippen LogP contribution in [0.1, 0.15) is 5.56 Å². The molecule has 0 fully saturated rings. The Balaban J connectivity index is 2.22. The maximum absolute atomic E-state index is 11.5. The van der Waals surface area contributed by atoms with Crippen molar-refractivity contribution in [1.29, 1.82) is 0 Å². The molecule has 0 bridgehead atoms. The molecule has 2 aromatic rings. The SMILES string of the molecule is COc1ccc(OC)c(C[C@H](Oc2ccccc2)C(=O)O)c1. The van der Waals surface area contributed by atoms with Gasteiger partial charge in [-0.25, -0.2) is 4.79 Å². The number of hydrogen-bond acceptors (Lipinski definition) is 4. The first-order chi connectivity index (χ1) is 10.6. The lowest BCUT2D eigenvalue weighted by atomic mass is 10.1. The summed E-state index contributed by atoms with van der Waals surface area (Å²) in [5.74, 6) is 0.717. The van der Waals surface area contributed by atoms with Crippen molar-refractivity contribution < 1.29 is 24.1 Å². The Hall–Kier alpha value is -2.69. The predicted octanol–water partition coefficient (Wildman–Crippen LogP) is 2.78. The lowest BCUT2D eigenvalue weighted by molar-refractivity contribution is -0.145. The summed E-state index contributed by atoms with van der Waals surface area (Å²) in [6, 6.07) is 14.1. The van der Waals surface area contributed by atoms with Gasteiger partial charge < -0.3 is 19.3 Å². The van der Waals surface area contributed by atoms with Crippen LogP contribution in [-0.4, -0.2) is 31.4 Å². The van der Waals surface area contributed by atoms with Gasteiger partial charge in [-0.05, 0) is 30.3 Å². The molecule has 2 aromatic carbocycles. The summed E-state index contributed by atoms with van der Waals surface area (Å²) >= 11 is 0. The van der Waals surface area contributed by atoms with E-state index in [-0.39, 0.29) is 6.42 Å². The molecule has 0 aliphatic heterocycles. The van der Waals surface area contributed by atoms with Crippen LogP contribution in [0.5, 0.6) is 17.2 Å². The summed E-state index contributed by atoms with van der Waals surface area (Å²) in [6.07, 6.45) is -0.840. The molecule has 0 aromatic heterocycles. The second kappa shape index (κ2) is 7.36. The normalized spacial score (nSPS) is 11.5. The molecule has 0 amide bonds. The van der Waals surface area contributed by atoms with Gasteiger partial charge in [0.15, 0.2) is 6.10 Å². The largest absolute Gasteiger partial charge is 0.497 e. The smallest absolute Gasteiger partial charge is 0.345 e. The zero-order valence-corrected chi connectivity index (χ0v) is 12.5. The van der Waals surface area contributed by atoms with E-state index in [1.165, 1.54) is 0 Å². The molecule has 0 unspecified atom stereocenters. The highest BCUT2D eigenvalue weighted by Gasteiger charge is 2.22. The molecule has 0 heterocycles. The van der Waals surface area contributed by atoms with E-state index in [9.17, 15) is 9.90 Å². The zero-order valence-electron chi connectivity index (χ0n) is 12.5. The van der Waals surface area contributed by atoms with E-state index in [1.807, 2.05) is 6.07 Å². The van der Waals surface area contributed by atoms with Crippen LogP contribution >= 0.6 is 0 Å². The zero-order chi connectivity index (χ0) is 15.9. The number of ether oxygens (including phenoxy) is 3. The van der Waals surface area contributed by atoms with Crippen molar-refractivity contribution in [2.24, 2.45) is 0 Å². The highest BCUT2D eigenvalue weighted by Crippen LogP contribution is 2.26. The van der Waals surface area contributed by atoms with E-state index in [0.717, 1.165) is 0 Å². The first-order valence-corrected chi connectivity index (χ1v) is 6.79. The Kier molecular flexibility index (Phi) is 5.25. The number of para-hydroxylation sites is 1. The number of rotatable bonds is 7. The molecule has 0 spiro atoms. The van der Waals surface area contributed by atoms with E-state index < -0.39 is 12.1 Å². The van der Waals surface area contributed by atoms with Gasteiger partial charge >= 0.3 is 5.97 Å². The highest BCUT2D eigenvalue weighted by atomic mass is 16.5. The molecule has 0 aliphatic rings. The lowest BCUT2D eigenvalue weighted by Gasteiger charge is -2.17. The maximum Gasteiger partial charge on any atom is 0.345 e. The van der Waals surface area contributed by atoms with Gasteiger partial charge in [-0.1, -0.05) is 18.2 Å². The summed E-state index contributed by atoms with van der Waals surface area (Å²) < 4.78 is 16.0. The van der Waals surface area contributed by atoms with Crippen molar-refractivity contribution >= 4 is 5.97 Å². The monoisotopic (exact) mass is 302 g/mol. The Morgan fingerprint density at radius 2 is 1.77 bits per heavy atom. The molecular formula is C17H18O5. The topological polar surface area (TPSA) is 65.0 Å². The maximum atomic E-state index is 11.5. The predicted molar refractivity (Wildman–Crippen MR) is 81.7 cm³/mol. The second-order valence-electron chi connectivity index (χ2n) is 4.64. The first-order valence-electron chi connectivity index (χ1n) is 6.79. The molecular weight excluding hydrogens is 284 g/mol. The Morgan fingerprint density at radius 1 is 1.05 bits per heavy atom. The van der Waals surface area contributed by atoms with Crippen molar-refractivity contribution in [2.45, 2.75) is 12.5 Å². The molecule has 22 heavy (non-hydrogen) atoms. The van der Waals surface area contributed by atoms with Crippen LogP contribution in [0, 0.1) is 0 Å². The summed E-state index contributed by atoms with van der Waals surface area (Å²) in [4.78, 5) is 11.5. The molecule has 5 heteroatoms. The van der Waals surface area contributed by atoms with Gasteiger partial charge in [-0.3, -0.25) is 0 Å². The van der Waals surface area contributed by atoms with E-state index >= 15 is 0 Å². The minimum absolute atomic E-state index is 0.171. The Morgan fingerprint density at radius 3 is 2.36 bits per heavy atom. The lowest BCUT2D eigenvalue weighted by Crippen LogP contribution is -2.29. The fourth-order valence-electron chi connectivity index (χ4n) is 2.08. The number of benzene rings is 2. The van der Waals surface area contributed by atoms with Gasteiger partial charge in [0.1, 0.15) is 17.2 Å². The van der Waals surface area contributed by atoms with Gasteiger partial charge in [0.2, 0.25) is 0 Å². The van der Waals surface area contributed by atoms with Crippen LogP contribution in [0.3, 0.4) is 0 Å². The van der Waals surface area contributed by atoms with Crippen LogP contribution in [0.2, 0.25) is 0 Å². The standard InChI is InChI=1S/C17H18O5/c1-20-14-8-9-15(21-2)12(10-14)11-16(17(18)19)22-13-6-4-3-5-7-13/h3-10,16H,11H2,1-2H3,(H,18,19)/t16-/m0/s1. The number of carbonyl (C=O) groups is 1. The van der Waals surface area contributed by atoms with E-state index in [0.29, 0.717) is 22.8 Å². The number of carboxylic acid groups (broad SMARTS) is 1. The van der Waals surface area contributed by atoms with Crippen molar-refractivity contribution in [3.63, 3.8) is 0 Å². The molecule has 0 saturated heterocycles. The van der Waals surface area contributed by atoms with Gasteiger partial charge in [-0.15, -0.1) is 0 Å². The number of aliphatic carboxylic acids is 1. The molecule has 0 radical (unpaired) electrons. The van der Waals surface area contributed by atoms with Gasteiger partial charge in [0.05, 0.1) is 14.2 Å². The first kappa shape index (κ1) is 15.7. The van der Waals surface area contributed by atoms with Crippen LogP contribution in [0.25, 0.3) is 0 Å². The van der Waals surface area contributed by atoms with Crippen molar-refractivity contribution in [2.75, 3.05) is 14.2 Å². The van der Waals surface area contributed by atoms with Crippen molar-refractivity contribution in [1.82, 2.24) is 0 Å². The van der Waals surface area contributed by atoms with Gasteiger partial charge in [0, 0.05) is 12.0 Å². The molecule has 5 nitrogen and oxygen atoms in total. The summed E-state index contributed by atoms with van der Waals surface area (Å²) in [7, 11) is 3.10. The molecule has 1 atom stereocenters. The van der Waals surface area contributed by atoms with Gasteiger partial charge in [-0.2, -0.15) is 0 Å². The van der Waals surface area contributed by atoms with E-state index in [1.54, 1.807) is 56.7 Å². The molecule has 0 saturated carbocycles. The average molecular weight is 302 g/mol. The fourth-order valence-corrected chi connectivity index (χ4v) is 2.08. The quantitative estimate of drug-likeness (QED) is 0.852. The average Bonchev–Trinajstić information content (AvgIpc) is 2.55. The number of methoxy groups -OCH3 is 2. The summed E-state index contributed by atoms with van der Waals surface area (Å²) in [5, 5.41) is 9.39. The molecule has 116 valence electrons. The molecule has 0 aliphatic carbocycles. The minimum atomic E-state index is -1.03. The fraction of sp³-hybridized carbons (Fsp3) is 0.235. The van der Waals surface area contributed by atoms with Crippen LogP contribution < -0.4 is 14.2 Å². The van der Waals surface area contributed by atoms with Crippen molar-refractivity contribution in [3.05, 3.63) is 54.1 Å². The van der Waals surface area contributed by atoms with E-state index in [2.05, 4.69) is 0 Å². The van der Waals surface area contributed by atoms with Crippen LogP contribution in [0.4, 0.5) is 0 Å². The highest BCUT2D eigenvalue weighted by molar-refractivity contribution is 5.73.